The van der Waals surface area contributed by atoms with Crippen molar-refractivity contribution >= 4 is 39.1 Å². The zero-order valence-electron chi connectivity index (χ0n) is 10.3. The van der Waals surface area contributed by atoms with Gasteiger partial charge in [-0.05, 0) is 29.0 Å². The van der Waals surface area contributed by atoms with E-state index in [1.165, 1.54) is 6.92 Å². The van der Waals surface area contributed by atoms with E-state index in [-0.39, 0.29) is 5.97 Å². The number of fused-ring (bicyclic) bond motifs is 2. The molecule has 3 aromatic rings. The highest BCUT2D eigenvalue weighted by molar-refractivity contribution is 6.31. The number of hydrogen-bond acceptors (Lipinski definition) is 2. The Morgan fingerprint density at radius 3 is 2.53 bits per heavy atom. The third kappa shape index (κ3) is 2.15. The van der Waals surface area contributed by atoms with Crippen LogP contribution in [0.2, 0.25) is 5.02 Å². The molecule has 0 amide bonds. The minimum atomic E-state index is -0.336. The standard InChI is InChI=1S/C16H11ClO2/c1-10(18)19-16-14-5-3-2-4-11(14)8-12-6-7-13(17)9-15(12)16/h2-9H,1H3. The van der Waals surface area contributed by atoms with Crippen molar-refractivity contribution in [3.63, 3.8) is 0 Å². The summed E-state index contributed by atoms with van der Waals surface area (Å²) in [6, 6.07) is 15.5. The molecular formula is C16H11ClO2. The van der Waals surface area contributed by atoms with E-state index in [1.807, 2.05) is 42.5 Å². The van der Waals surface area contributed by atoms with E-state index in [1.54, 1.807) is 0 Å². The molecule has 0 atom stereocenters. The fraction of sp³-hybridized carbons (Fsp3) is 0.0625. The van der Waals surface area contributed by atoms with Gasteiger partial charge in [0.05, 0.1) is 0 Å². The molecule has 3 rings (SSSR count). The first kappa shape index (κ1) is 12.0. The molecule has 0 N–H and O–H groups in total. The Morgan fingerprint density at radius 2 is 1.74 bits per heavy atom. The maximum absolute atomic E-state index is 11.3. The van der Waals surface area contributed by atoms with Crippen LogP contribution in [0.25, 0.3) is 21.5 Å². The number of hydrogen-bond donors (Lipinski definition) is 0. The molecule has 0 bridgehead atoms. The van der Waals surface area contributed by atoms with Crippen LogP contribution in [0.15, 0.2) is 48.5 Å². The van der Waals surface area contributed by atoms with E-state index >= 15 is 0 Å². The van der Waals surface area contributed by atoms with Crippen molar-refractivity contribution in [2.45, 2.75) is 6.92 Å². The van der Waals surface area contributed by atoms with Gasteiger partial charge in [-0.2, -0.15) is 0 Å². The van der Waals surface area contributed by atoms with Crippen LogP contribution in [0.1, 0.15) is 6.92 Å². The molecule has 0 unspecified atom stereocenters. The summed E-state index contributed by atoms with van der Waals surface area (Å²) in [5.41, 5.74) is 0. The minimum Gasteiger partial charge on any atom is -0.425 e. The highest BCUT2D eigenvalue weighted by Gasteiger charge is 2.11. The molecule has 19 heavy (non-hydrogen) atoms. The summed E-state index contributed by atoms with van der Waals surface area (Å²) in [6.07, 6.45) is 0. The number of carbonyl (C=O) groups is 1. The second-order valence-electron chi connectivity index (χ2n) is 4.39. The molecule has 0 spiro atoms. The van der Waals surface area contributed by atoms with Crippen LogP contribution in [0, 0.1) is 0 Å². The lowest BCUT2D eigenvalue weighted by Gasteiger charge is -2.11. The summed E-state index contributed by atoms with van der Waals surface area (Å²) in [7, 11) is 0. The molecule has 0 aliphatic rings. The number of esters is 1. The third-order valence-electron chi connectivity index (χ3n) is 3.02. The minimum absolute atomic E-state index is 0.336. The average Bonchev–Trinajstić information content (AvgIpc) is 2.39. The van der Waals surface area contributed by atoms with E-state index < -0.39 is 0 Å². The van der Waals surface area contributed by atoms with E-state index in [0.29, 0.717) is 10.8 Å². The Morgan fingerprint density at radius 1 is 1.00 bits per heavy atom. The smallest absolute Gasteiger partial charge is 0.308 e. The molecule has 0 aliphatic carbocycles. The van der Waals surface area contributed by atoms with E-state index in [2.05, 4.69) is 6.07 Å². The third-order valence-corrected chi connectivity index (χ3v) is 3.26. The zero-order valence-corrected chi connectivity index (χ0v) is 11.1. The molecule has 2 nitrogen and oxygen atoms in total. The number of carbonyl (C=O) groups excluding carboxylic acids is 1. The largest absolute Gasteiger partial charge is 0.425 e. The van der Waals surface area contributed by atoms with Crippen molar-refractivity contribution in [2.24, 2.45) is 0 Å². The fourth-order valence-electron chi connectivity index (χ4n) is 2.25. The van der Waals surface area contributed by atoms with Crippen LogP contribution in [0.5, 0.6) is 5.75 Å². The highest BCUT2D eigenvalue weighted by atomic mass is 35.5. The molecule has 0 heterocycles. The topological polar surface area (TPSA) is 26.3 Å². The van der Waals surface area contributed by atoms with Crippen molar-refractivity contribution in [1.82, 2.24) is 0 Å². The molecule has 0 fully saturated rings. The summed E-state index contributed by atoms with van der Waals surface area (Å²) in [5, 5.41) is 4.41. The summed E-state index contributed by atoms with van der Waals surface area (Å²) < 4.78 is 5.40. The zero-order chi connectivity index (χ0) is 13.4. The van der Waals surface area contributed by atoms with E-state index in [4.69, 9.17) is 16.3 Å². The second kappa shape index (κ2) is 4.56. The molecular weight excluding hydrogens is 260 g/mol. The normalized spacial score (nSPS) is 10.8. The van der Waals surface area contributed by atoms with E-state index in [0.717, 1.165) is 21.5 Å². The first-order chi connectivity index (χ1) is 9.15. The van der Waals surface area contributed by atoms with Crippen LogP contribution < -0.4 is 4.74 Å². The molecule has 0 saturated heterocycles. The Hall–Kier alpha value is -2.06. The average molecular weight is 271 g/mol. The first-order valence-corrected chi connectivity index (χ1v) is 6.32. The van der Waals surface area contributed by atoms with Gasteiger partial charge in [-0.25, -0.2) is 0 Å². The summed E-state index contributed by atoms with van der Waals surface area (Å²) in [4.78, 5) is 11.3. The molecule has 0 saturated carbocycles. The van der Waals surface area contributed by atoms with Gasteiger partial charge in [0.1, 0.15) is 5.75 Å². The monoisotopic (exact) mass is 270 g/mol. The first-order valence-electron chi connectivity index (χ1n) is 5.94. The lowest BCUT2D eigenvalue weighted by molar-refractivity contribution is -0.131. The molecule has 94 valence electrons. The highest BCUT2D eigenvalue weighted by Crippen LogP contribution is 2.36. The van der Waals surface area contributed by atoms with Crippen LogP contribution in [0.4, 0.5) is 0 Å². The van der Waals surface area contributed by atoms with Gasteiger partial charge in [-0.15, -0.1) is 0 Å². The maximum atomic E-state index is 11.3. The number of ether oxygens (including phenoxy) is 1. The lowest BCUT2D eigenvalue weighted by atomic mass is 10.0. The molecule has 3 aromatic carbocycles. The fourth-order valence-corrected chi connectivity index (χ4v) is 2.42. The van der Waals surface area contributed by atoms with Crippen LogP contribution in [0.3, 0.4) is 0 Å². The van der Waals surface area contributed by atoms with Crippen LogP contribution in [-0.2, 0) is 4.79 Å². The van der Waals surface area contributed by atoms with Gasteiger partial charge in [-0.1, -0.05) is 41.9 Å². The van der Waals surface area contributed by atoms with Gasteiger partial charge in [0.2, 0.25) is 0 Å². The summed E-state index contributed by atoms with van der Waals surface area (Å²) in [5.74, 6) is 0.237. The molecule has 0 aliphatic heterocycles. The van der Waals surface area contributed by atoms with Crippen molar-refractivity contribution in [1.29, 1.82) is 0 Å². The Balaban J connectivity index is 2.46. The van der Waals surface area contributed by atoms with Crippen molar-refractivity contribution in [2.75, 3.05) is 0 Å². The molecule has 3 heteroatoms. The maximum Gasteiger partial charge on any atom is 0.308 e. The van der Waals surface area contributed by atoms with Gasteiger partial charge >= 0.3 is 5.97 Å². The summed E-state index contributed by atoms with van der Waals surface area (Å²) in [6.45, 7) is 1.40. The summed E-state index contributed by atoms with van der Waals surface area (Å²) >= 11 is 6.04. The van der Waals surface area contributed by atoms with E-state index in [9.17, 15) is 4.79 Å². The van der Waals surface area contributed by atoms with Gasteiger partial charge in [0, 0.05) is 22.7 Å². The van der Waals surface area contributed by atoms with Crippen molar-refractivity contribution in [3.05, 3.63) is 53.6 Å². The van der Waals surface area contributed by atoms with Crippen LogP contribution in [-0.4, -0.2) is 5.97 Å². The Kier molecular flexibility index (Phi) is 2.88. The molecule has 0 aromatic heterocycles. The number of benzene rings is 3. The number of halogens is 1. The van der Waals surface area contributed by atoms with Gasteiger partial charge in [0.15, 0.2) is 0 Å². The van der Waals surface area contributed by atoms with Gasteiger partial charge in [-0.3, -0.25) is 4.79 Å². The number of rotatable bonds is 1. The Bertz CT molecular complexity index is 793. The van der Waals surface area contributed by atoms with Gasteiger partial charge < -0.3 is 4.74 Å². The molecule has 0 radical (unpaired) electrons. The van der Waals surface area contributed by atoms with Crippen molar-refractivity contribution < 1.29 is 9.53 Å². The predicted octanol–water partition coefficient (Wildman–Crippen LogP) is 4.57. The van der Waals surface area contributed by atoms with Crippen molar-refractivity contribution in [3.8, 4) is 5.75 Å². The second-order valence-corrected chi connectivity index (χ2v) is 4.82. The van der Waals surface area contributed by atoms with Crippen LogP contribution >= 0.6 is 11.6 Å². The quantitative estimate of drug-likeness (QED) is 0.368. The van der Waals surface area contributed by atoms with Gasteiger partial charge in [0.25, 0.3) is 0 Å². The predicted molar refractivity (Wildman–Crippen MR) is 77.8 cm³/mol. The SMILES string of the molecule is CC(=O)Oc1c2ccccc2cc2ccc(Cl)cc12. The lowest BCUT2D eigenvalue weighted by Crippen LogP contribution is -2.02. The Labute approximate surface area is 115 Å².